The zero-order valence-corrected chi connectivity index (χ0v) is 10.5. The fraction of sp³-hybridized carbons (Fsp3) is 0.643. The third-order valence-electron chi connectivity index (χ3n) is 3.60. The van der Waals surface area contributed by atoms with Crippen LogP contribution < -0.4 is 5.32 Å². The Kier molecular flexibility index (Phi) is 3.12. The third-order valence-corrected chi connectivity index (χ3v) is 3.60. The lowest BCUT2D eigenvalue weighted by Crippen LogP contribution is -2.21. The Hall–Kier alpha value is -0.930. The van der Waals surface area contributed by atoms with Gasteiger partial charge in [-0.05, 0) is 44.9 Å². The van der Waals surface area contributed by atoms with Crippen LogP contribution in [0.4, 0.5) is 0 Å². The Labute approximate surface area is 103 Å². The van der Waals surface area contributed by atoms with Crippen molar-refractivity contribution >= 4 is 0 Å². The summed E-state index contributed by atoms with van der Waals surface area (Å²) >= 11 is 0. The van der Waals surface area contributed by atoms with Gasteiger partial charge in [0.05, 0.1) is 11.4 Å². The van der Waals surface area contributed by atoms with Crippen molar-refractivity contribution in [1.29, 1.82) is 0 Å². The van der Waals surface area contributed by atoms with Crippen LogP contribution in [0.25, 0.3) is 0 Å². The molecular formula is C14H21N3. The first-order chi connectivity index (χ1) is 8.31. The van der Waals surface area contributed by atoms with Crippen LogP contribution in [0.1, 0.15) is 37.1 Å². The molecule has 1 aromatic heterocycles. The highest BCUT2D eigenvalue weighted by Gasteiger charge is 2.26. The predicted octanol–water partition coefficient (Wildman–Crippen LogP) is 1.93. The van der Waals surface area contributed by atoms with Gasteiger partial charge in [-0.2, -0.15) is 0 Å². The average Bonchev–Trinajstić information content (AvgIpc) is 3.17. The third kappa shape index (κ3) is 3.27. The van der Waals surface area contributed by atoms with Crippen molar-refractivity contribution in [1.82, 2.24) is 15.2 Å². The van der Waals surface area contributed by atoms with Crippen molar-refractivity contribution in [2.24, 2.45) is 0 Å². The van der Waals surface area contributed by atoms with E-state index in [-0.39, 0.29) is 0 Å². The summed E-state index contributed by atoms with van der Waals surface area (Å²) in [5, 5.41) is 3.51. The molecule has 0 radical (unpaired) electrons. The molecule has 92 valence electrons. The molecule has 0 atom stereocenters. The van der Waals surface area contributed by atoms with Gasteiger partial charge in [0.2, 0.25) is 0 Å². The lowest BCUT2D eigenvalue weighted by atomic mass is 10.3. The zero-order chi connectivity index (χ0) is 11.7. The second-order valence-electron chi connectivity index (χ2n) is 5.42. The van der Waals surface area contributed by atoms with E-state index in [1.54, 1.807) is 0 Å². The number of rotatable bonds is 6. The molecule has 1 heterocycles. The first kappa shape index (κ1) is 11.2. The van der Waals surface area contributed by atoms with E-state index in [2.05, 4.69) is 35.5 Å². The second-order valence-corrected chi connectivity index (χ2v) is 5.42. The van der Waals surface area contributed by atoms with Gasteiger partial charge in [0.1, 0.15) is 0 Å². The summed E-state index contributed by atoms with van der Waals surface area (Å²) in [5.74, 6) is 0. The standard InChI is InChI=1S/C14H21N3/c1-17(14-7-8-14)10-13-4-2-3-12(16-13)9-15-11-5-6-11/h2-4,11,14-15H,5-10H2,1H3. The molecule has 1 aromatic rings. The highest BCUT2D eigenvalue weighted by atomic mass is 15.2. The van der Waals surface area contributed by atoms with Crippen molar-refractivity contribution < 1.29 is 0 Å². The molecule has 0 saturated heterocycles. The lowest BCUT2D eigenvalue weighted by molar-refractivity contribution is 0.312. The quantitative estimate of drug-likeness (QED) is 0.811. The van der Waals surface area contributed by atoms with Crippen LogP contribution in [-0.4, -0.2) is 29.0 Å². The molecule has 17 heavy (non-hydrogen) atoms. The Bertz CT molecular complexity index is 383. The average molecular weight is 231 g/mol. The van der Waals surface area contributed by atoms with Gasteiger partial charge < -0.3 is 5.32 Å². The van der Waals surface area contributed by atoms with Crippen LogP contribution >= 0.6 is 0 Å². The number of hydrogen-bond donors (Lipinski definition) is 1. The molecule has 1 N–H and O–H groups in total. The topological polar surface area (TPSA) is 28.2 Å². The molecule has 0 amide bonds. The Morgan fingerprint density at radius 2 is 2.00 bits per heavy atom. The van der Waals surface area contributed by atoms with E-state index >= 15 is 0 Å². The van der Waals surface area contributed by atoms with E-state index in [9.17, 15) is 0 Å². The molecule has 2 aliphatic carbocycles. The molecule has 2 fully saturated rings. The van der Waals surface area contributed by atoms with Gasteiger partial charge >= 0.3 is 0 Å². The van der Waals surface area contributed by atoms with E-state index in [4.69, 9.17) is 4.98 Å². The molecule has 2 aliphatic rings. The highest BCUT2D eigenvalue weighted by Crippen LogP contribution is 2.26. The minimum absolute atomic E-state index is 0.759. The van der Waals surface area contributed by atoms with Crippen molar-refractivity contribution in [3.8, 4) is 0 Å². The summed E-state index contributed by atoms with van der Waals surface area (Å²) in [4.78, 5) is 7.14. The highest BCUT2D eigenvalue weighted by molar-refractivity contribution is 5.12. The Balaban J connectivity index is 1.56. The van der Waals surface area contributed by atoms with Crippen molar-refractivity contribution in [2.75, 3.05) is 7.05 Å². The lowest BCUT2D eigenvalue weighted by Gasteiger charge is -2.15. The number of nitrogens with zero attached hydrogens (tertiary/aromatic N) is 2. The van der Waals surface area contributed by atoms with E-state index in [0.717, 1.165) is 25.2 Å². The molecule has 2 saturated carbocycles. The molecule has 3 heteroatoms. The van der Waals surface area contributed by atoms with Gasteiger partial charge in [-0.15, -0.1) is 0 Å². The maximum atomic E-state index is 4.72. The van der Waals surface area contributed by atoms with Crippen LogP contribution in [0.2, 0.25) is 0 Å². The number of nitrogens with one attached hydrogen (secondary N) is 1. The minimum atomic E-state index is 0.759. The normalized spacial score (nSPS) is 19.9. The van der Waals surface area contributed by atoms with Crippen molar-refractivity contribution in [3.63, 3.8) is 0 Å². The Morgan fingerprint density at radius 1 is 1.24 bits per heavy atom. The van der Waals surface area contributed by atoms with Crippen molar-refractivity contribution in [2.45, 2.75) is 50.9 Å². The summed E-state index contributed by atoms with van der Waals surface area (Å²) in [5.41, 5.74) is 2.38. The summed E-state index contributed by atoms with van der Waals surface area (Å²) in [6.45, 7) is 1.91. The largest absolute Gasteiger partial charge is 0.308 e. The number of hydrogen-bond acceptors (Lipinski definition) is 3. The molecule has 0 aliphatic heterocycles. The van der Waals surface area contributed by atoms with Crippen molar-refractivity contribution in [3.05, 3.63) is 29.6 Å². The van der Waals surface area contributed by atoms with Gasteiger partial charge in [-0.25, -0.2) is 0 Å². The Morgan fingerprint density at radius 3 is 2.71 bits per heavy atom. The molecule has 0 bridgehead atoms. The first-order valence-electron chi connectivity index (χ1n) is 6.70. The molecule has 0 aromatic carbocycles. The molecule has 3 nitrogen and oxygen atoms in total. The van der Waals surface area contributed by atoms with E-state index in [1.807, 2.05) is 0 Å². The van der Waals surface area contributed by atoms with Gasteiger partial charge in [-0.1, -0.05) is 6.07 Å². The number of pyridine rings is 1. The fourth-order valence-corrected chi connectivity index (χ4v) is 2.15. The fourth-order valence-electron chi connectivity index (χ4n) is 2.15. The monoisotopic (exact) mass is 231 g/mol. The smallest absolute Gasteiger partial charge is 0.0547 e. The minimum Gasteiger partial charge on any atom is -0.308 e. The van der Waals surface area contributed by atoms with E-state index < -0.39 is 0 Å². The molecule has 0 spiro atoms. The summed E-state index contributed by atoms with van der Waals surface area (Å²) in [7, 11) is 2.20. The van der Waals surface area contributed by atoms with Crippen LogP contribution in [-0.2, 0) is 13.1 Å². The van der Waals surface area contributed by atoms with Crippen LogP contribution in [0.5, 0.6) is 0 Å². The van der Waals surface area contributed by atoms with Gasteiger partial charge in [0.25, 0.3) is 0 Å². The number of aromatic nitrogens is 1. The zero-order valence-electron chi connectivity index (χ0n) is 10.5. The summed E-state index contributed by atoms with van der Waals surface area (Å²) < 4.78 is 0. The maximum Gasteiger partial charge on any atom is 0.0547 e. The first-order valence-corrected chi connectivity index (χ1v) is 6.70. The maximum absolute atomic E-state index is 4.72. The molecular weight excluding hydrogens is 210 g/mol. The SMILES string of the molecule is CN(Cc1cccc(CNC2CC2)n1)C1CC1. The second kappa shape index (κ2) is 4.75. The molecule has 0 unspecified atom stereocenters. The summed E-state index contributed by atoms with van der Waals surface area (Å²) in [6, 6.07) is 7.96. The van der Waals surface area contributed by atoms with Gasteiger partial charge in [-0.3, -0.25) is 9.88 Å². The van der Waals surface area contributed by atoms with Crippen LogP contribution in [0.3, 0.4) is 0 Å². The summed E-state index contributed by atoms with van der Waals surface area (Å²) in [6.07, 6.45) is 5.40. The van der Waals surface area contributed by atoms with Gasteiger partial charge in [0, 0.05) is 25.2 Å². The van der Waals surface area contributed by atoms with E-state index in [0.29, 0.717) is 0 Å². The molecule has 3 rings (SSSR count). The van der Waals surface area contributed by atoms with Crippen LogP contribution in [0.15, 0.2) is 18.2 Å². The van der Waals surface area contributed by atoms with Crippen LogP contribution in [0, 0.1) is 0 Å². The van der Waals surface area contributed by atoms with E-state index in [1.165, 1.54) is 37.1 Å². The predicted molar refractivity (Wildman–Crippen MR) is 68.6 cm³/mol. The van der Waals surface area contributed by atoms with Gasteiger partial charge in [0.15, 0.2) is 0 Å².